The van der Waals surface area contributed by atoms with E-state index >= 15 is 0 Å². The van der Waals surface area contributed by atoms with E-state index in [-0.39, 0.29) is 11.5 Å². The topological polar surface area (TPSA) is 74.8 Å². The first-order valence-electron chi connectivity index (χ1n) is 7.89. The highest BCUT2D eigenvalue weighted by atomic mass is 32.2. The minimum Gasteiger partial charge on any atom is -0.321 e. The summed E-state index contributed by atoms with van der Waals surface area (Å²) in [5, 5.41) is 3.83. The maximum Gasteiger partial charge on any atom is 0.266 e. The number of benzene rings is 1. The molecule has 0 aliphatic carbocycles. The number of terminal acetylenes is 1. The second-order valence-electron chi connectivity index (χ2n) is 5.87. The van der Waals surface area contributed by atoms with Crippen molar-refractivity contribution in [3.05, 3.63) is 50.1 Å². The monoisotopic (exact) mass is 383 g/mol. The Morgan fingerprint density at radius 1 is 1.38 bits per heavy atom. The van der Waals surface area contributed by atoms with Gasteiger partial charge in [-0.15, -0.1) is 17.8 Å². The van der Waals surface area contributed by atoms with Crippen LogP contribution in [0, 0.1) is 33.1 Å². The molecule has 7 heteroatoms. The highest BCUT2D eigenvalue weighted by Gasteiger charge is 2.20. The predicted molar refractivity (Wildman–Crippen MR) is 108 cm³/mol. The molecule has 0 saturated carbocycles. The fourth-order valence-electron chi connectivity index (χ4n) is 2.65. The van der Waals surface area contributed by atoms with Crippen molar-refractivity contribution in [1.82, 2.24) is 9.97 Å². The zero-order chi connectivity index (χ0) is 18.8. The van der Waals surface area contributed by atoms with Gasteiger partial charge in [-0.2, -0.15) is 0 Å². The van der Waals surface area contributed by atoms with Gasteiger partial charge >= 0.3 is 0 Å². The van der Waals surface area contributed by atoms with Crippen molar-refractivity contribution in [2.45, 2.75) is 25.9 Å². The summed E-state index contributed by atoms with van der Waals surface area (Å²) in [5.74, 6) is 2.67. The largest absolute Gasteiger partial charge is 0.321 e. The Kier molecular flexibility index (Phi) is 5.16. The minimum atomic E-state index is -0.256. The molecule has 0 radical (unpaired) electrons. The number of aromatic amines is 1. The molecule has 2 N–H and O–H groups in total. The van der Waals surface area contributed by atoms with Gasteiger partial charge in [0, 0.05) is 5.69 Å². The van der Waals surface area contributed by atoms with Crippen LogP contribution in [-0.4, -0.2) is 21.6 Å². The fraction of sp³-hybridized carbons (Fsp3) is 0.211. The molecule has 0 saturated heterocycles. The minimum absolute atomic E-state index is 0.241. The Bertz CT molecular complexity index is 1110. The molecule has 2 aromatic heterocycles. The predicted octanol–water partition coefficient (Wildman–Crippen LogP) is 3.89. The summed E-state index contributed by atoms with van der Waals surface area (Å²) in [6.45, 7) is 5.71. The number of fused-ring (bicyclic) bond motifs is 1. The first-order chi connectivity index (χ1) is 12.4. The Morgan fingerprint density at radius 2 is 2.15 bits per heavy atom. The number of aryl methyl sites for hydroxylation is 3. The molecule has 0 aliphatic rings. The zero-order valence-electron chi connectivity index (χ0n) is 14.6. The first-order valence-corrected chi connectivity index (χ1v) is 9.69. The lowest BCUT2D eigenvalue weighted by atomic mass is 10.1. The van der Waals surface area contributed by atoms with Crippen molar-refractivity contribution >= 4 is 44.9 Å². The van der Waals surface area contributed by atoms with E-state index in [1.165, 1.54) is 23.1 Å². The highest BCUT2D eigenvalue weighted by molar-refractivity contribution is 7.99. The Morgan fingerprint density at radius 3 is 2.85 bits per heavy atom. The number of hydrogen-bond acceptors (Lipinski definition) is 5. The van der Waals surface area contributed by atoms with Crippen LogP contribution in [0.1, 0.15) is 26.4 Å². The fourth-order valence-corrected chi connectivity index (χ4v) is 4.33. The van der Waals surface area contributed by atoms with Gasteiger partial charge in [-0.25, -0.2) is 4.98 Å². The zero-order valence-corrected chi connectivity index (χ0v) is 16.2. The van der Waals surface area contributed by atoms with Gasteiger partial charge in [-0.3, -0.25) is 9.59 Å². The SMILES string of the molecule is C#CCSc1nc2sc(C(=O)Nc3ccc(C)cc3C)c(C)c2c(=O)[nH]1. The van der Waals surface area contributed by atoms with E-state index in [0.717, 1.165) is 16.8 Å². The normalized spacial score (nSPS) is 10.7. The molecule has 0 fully saturated rings. The van der Waals surface area contributed by atoms with Crippen LogP contribution in [0.15, 0.2) is 28.2 Å². The molecular formula is C19H17N3O2S2. The molecule has 0 unspecified atom stereocenters. The smallest absolute Gasteiger partial charge is 0.266 e. The summed E-state index contributed by atoms with van der Waals surface area (Å²) in [5.41, 5.74) is 3.25. The van der Waals surface area contributed by atoms with Gasteiger partial charge in [0.15, 0.2) is 5.16 Å². The summed E-state index contributed by atoms with van der Waals surface area (Å²) < 4.78 is 0. The van der Waals surface area contributed by atoms with Crippen LogP contribution in [0.4, 0.5) is 5.69 Å². The molecule has 5 nitrogen and oxygen atoms in total. The van der Waals surface area contributed by atoms with Gasteiger partial charge in [0.2, 0.25) is 0 Å². The second kappa shape index (κ2) is 7.36. The second-order valence-corrected chi connectivity index (χ2v) is 7.84. The number of aromatic nitrogens is 2. The summed E-state index contributed by atoms with van der Waals surface area (Å²) in [6, 6.07) is 5.83. The van der Waals surface area contributed by atoms with Crippen LogP contribution in [0.3, 0.4) is 0 Å². The number of rotatable bonds is 4. The number of nitrogens with zero attached hydrogens (tertiary/aromatic N) is 1. The van der Waals surface area contributed by atoms with Gasteiger partial charge in [0.1, 0.15) is 4.83 Å². The maximum atomic E-state index is 12.7. The van der Waals surface area contributed by atoms with E-state index in [1.54, 1.807) is 6.92 Å². The average Bonchev–Trinajstić information content (AvgIpc) is 2.92. The van der Waals surface area contributed by atoms with E-state index in [1.807, 2.05) is 32.0 Å². The third-order valence-corrected chi connectivity index (χ3v) is 5.87. The van der Waals surface area contributed by atoms with Crippen LogP contribution >= 0.6 is 23.1 Å². The third kappa shape index (κ3) is 3.52. The molecule has 0 aliphatic heterocycles. The molecule has 1 amide bonds. The van der Waals surface area contributed by atoms with E-state index in [2.05, 4.69) is 21.2 Å². The molecule has 1 aromatic carbocycles. The molecule has 26 heavy (non-hydrogen) atoms. The number of nitrogens with one attached hydrogen (secondary N) is 2. The average molecular weight is 383 g/mol. The van der Waals surface area contributed by atoms with E-state index in [4.69, 9.17) is 6.42 Å². The molecule has 0 bridgehead atoms. The van der Waals surface area contributed by atoms with E-state index in [0.29, 0.717) is 31.6 Å². The number of hydrogen-bond donors (Lipinski definition) is 2. The summed E-state index contributed by atoms with van der Waals surface area (Å²) in [6.07, 6.45) is 5.25. The van der Waals surface area contributed by atoms with Crippen molar-refractivity contribution in [3.8, 4) is 12.3 Å². The van der Waals surface area contributed by atoms with Crippen LogP contribution in [-0.2, 0) is 0 Å². The first kappa shape index (κ1) is 18.2. The van der Waals surface area contributed by atoms with Gasteiger partial charge in [-0.1, -0.05) is 35.4 Å². The summed E-state index contributed by atoms with van der Waals surface area (Å²) >= 11 is 2.50. The summed E-state index contributed by atoms with van der Waals surface area (Å²) in [4.78, 5) is 33.3. The van der Waals surface area contributed by atoms with Crippen molar-refractivity contribution in [2.75, 3.05) is 11.1 Å². The van der Waals surface area contributed by atoms with Crippen LogP contribution in [0.25, 0.3) is 10.2 Å². The quantitative estimate of drug-likeness (QED) is 0.407. The van der Waals surface area contributed by atoms with Crippen LogP contribution in [0.5, 0.6) is 0 Å². The Balaban J connectivity index is 1.98. The van der Waals surface area contributed by atoms with E-state index in [9.17, 15) is 9.59 Å². The number of thiophene rings is 1. The van der Waals surface area contributed by atoms with Crippen LogP contribution in [0.2, 0.25) is 0 Å². The number of carbonyl (C=O) groups excluding carboxylic acids is 1. The lowest BCUT2D eigenvalue weighted by molar-refractivity contribution is 0.103. The number of H-pyrrole nitrogens is 1. The molecule has 3 rings (SSSR count). The molecular weight excluding hydrogens is 366 g/mol. The van der Waals surface area contributed by atoms with Crippen LogP contribution < -0.4 is 10.9 Å². The standard InChI is InChI=1S/C19H17N3O2S2/c1-5-8-25-19-21-16(23)14-12(4)15(26-18(14)22-19)17(24)20-13-7-6-10(2)9-11(13)3/h1,6-7,9H,8H2,2-4H3,(H,20,24)(H,21,22,23). The lowest BCUT2D eigenvalue weighted by Crippen LogP contribution is -2.13. The van der Waals surface area contributed by atoms with Crippen molar-refractivity contribution in [3.63, 3.8) is 0 Å². The molecule has 0 atom stereocenters. The Labute approximate surface area is 159 Å². The number of anilines is 1. The Hall–Kier alpha value is -2.56. The molecule has 2 heterocycles. The number of carbonyl (C=O) groups is 1. The highest BCUT2D eigenvalue weighted by Crippen LogP contribution is 2.29. The molecule has 132 valence electrons. The van der Waals surface area contributed by atoms with Gasteiger partial charge < -0.3 is 10.3 Å². The van der Waals surface area contributed by atoms with E-state index < -0.39 is 0 Å². The third-order valence-electron chi connectivity index (χ3n) is 3.91. The maximum absolute atomic E-state index is 12.7. The number of amides is 1. The van der Waals surface area contributed by atoms with Crippen molar-refractivity contribution in [1.29, 1.82) is 0 Å². The lowest BCUT2D eigenvalue weighted by Gasteiger charge is -2.08. The van der Waals surface area contributed by atoms with Gasteiger partial charge in [0.25, 0.3) is 11.5 Å². The van der Waals surface area contributed by atoms with Crippen molar-refractivity contribution in [2.24, 2.45) is 0 Å². The van der Waals surface area contributed by atoms with Gasteiger partial charge in [0.05, 0.1) is 16.0 Å². The molecule has 0 spiro atoms. The number of thioether (sulfide) groups is 1. The molecule has 3 aromatic rings. The van der Waals surface area contributed by atoms with Gasteiger partial charge in [-0.05, 0) is 38.0 Å². The summed E-state index contributed by atoms with van der Waals surface area (Å²) in [7, 11) is 0. The van der Waals surface area contributed by atoms with Crippen molar-refractivity contribution < 1.29 is 4.79 Å².